The third-order valence-electron chi connectivity index (χ3n) is 1.60. The Kier molecular flexibility index (Phi) is 3.08. The molecule has 1 aromatic rings. The van der Waals surface area contributed by atoms with E-state index in [0.717, 1.165) is 12.1 Å². The number of hydrogen-bond donors (Lipinski definition) is 1. The molecule has 0 spiro atoms. The maximum absolute atomic E-state index is 12.2. The van der Waals surface area contributed by atoms with Gasteiger partial charge >= 0.3 is 6.18 Å². The van der Waals surface area contributed by atoms with Crippen LogP contribution in [0.2, 0.25) is 0 Å². The molecule has 15 heavy (non-hydrogen) atoms. The minimum absolute atomic E-state index is 0.0882. The van der Waals surface area contributed by atoms with Crippen molar-refractivity contribution < 1.29 is 13.2 Å². The van der Waals surface area contributed by atoms with Crippen LogP contribution < -0.4 is 5.73 Å². The highest BCUT2D eigenvalue weighted by Crippen LogP contribution is 2.30. The van der Waals surface area contributed by atoms with Gasteiger partial charge in [0.15, 0.2) is 0 Å². The van der Waals surface area contributed by atoms with Crippen LogP contribution in [0.15, 0.2) is 34.3 Å². The topological polar surface area (TPSA) is 50.7 Å². The lowest BCUT2D eigenvalue weighted by Gasteiger charge is -2.05. The molecule has 0 saturated carbocycles. The molecular weight excluding hydrogens is 207 g/mol. The fourth-order valence-corrected chi connectivity index (χ4v) is 0.893. The molecule has 0 radical (unpaired) electrons. The van der Waals surface area contributed by atoms with Crippen molar-refractivity contribution in [1.82, 2.24) is 0 Å². The van der Waals surface area contributed by atoms with E-state index in [9.17, 15) is 13.2 Å². The molecule has 0 unspecified atom stereocenters. The Labute approximate surface area is 84.2 Å². The van der Waals surface area contributed by atoms with Gasteiger partial charge in [-0.3, -0.25) is 0 Å². The molecule has 0 aliphatic heterocycles. The first-order chi connectivity index (χ1) is 6.93. The molecular formula is C9H8F3N3. The van der Waals surface area contributed by atoms with E-state index in [1.165, 1.54) is 12.1 Å². The molecule has 1 aromatic carbocycles. The van der Waals surface area contributed by atoms with Crippen LogP contribution in [0.1, 0.15) is 5.56 Å². The first-order valence-corrected chi connectivity index (χ1v) is 3.91. The summed E-state index contributed by atoms with van der Waals surface area (Å²) in [4.78, 5) is 7.01. The van der Waals surface area contributed by atoms with Crippen LogP contribution in [0.4, 0.5) is 18.9 Å². The lowest BCUT2D eigenvalue weighted by Crippen LogP contribution is -2.06. The molecule has 0 aliphatic carbocycles. The van der Waals surface area contributed by atoms with Gasteiger partial charge in [0.2, 0.25) is 5.96 Å². The zero-order chi connectivity index (χ0) is 11.5. The maximum atomic E-state index is 12.2. The van der Waals surface area contributed by atoms with Crippen LogP contribution in [0, 0.1) is 0 Å². The normalized spacial score (nSPS) is 12.6. The summed E-state index contributed by atoms with van der Waals surface area (Å²) in [5.74, 6) is -0.0882. The number of benzene rings is 1. The summed E-state index contributed by atoms with van der Waals surface area (Å²) in [6, 6.07) is 4.27. The summed E-state index contributed by atoms with van der Waals surface area (Å²) in [5.41, 5.74) is 4.80. The number of nitrogens with two attached hydrogens (primary N) is 1. The van der Waals surface area contributed by atoms with E-state index in [-0.39, 0.29) is 5.96 Å². The minimum Gasteiger partial charge on any atom is -0.368 e. The highest BCUT2D eigenvalue weighted by Gasteiger charge is 2.29. The van der Waals surface area contributed by atoms with Crippen molar-refractivity contribution in [3.05, 3.63) is 29.8 Å². The number of halogens is 3. The monoisotopic (exact) mass is 215 g/mol. The molecule has 0 bridgehead atoms. The Morgan fingerprint density at radius 1 is 1.20 bits per heavy atom. The van der Waals surface area contributed by atoms with Gasteiger partial charge in [-0.05, 0) is 31.0 Å². The van der Waals surface area contributed by atoms with Gasteiger partial charge < -0.3 is 5.73 Å². The summed E-state index contributed by atoms with van der Waals surface area (Å²) in [6.07, 6.45) is -4.34. The molecule has 80 valence electrons. The minimum atomic E-state index is -4.34. The molecule has 0 fully saturated rings. The second-order valence-electron chi connectivity index (χ2n) is 2.67. The third kappa shape index (κ3) is 3.08. The zero-order valence-electron chi connectivity index (χ0n) is 7.62. The zero-order valence-corrected chi connectivity index (χ0v) is 7.62. The Morgan fingerprint density at radius 2 is 1.73 bits per heavy atom. The van der Waals surface area contributed by atoms with E-state index in [0.29, 0.717) is 5.69 Å². The van der Waals surface area contributed by atoms with Crippen LogP contribution in [0.3, 0.4) is 0 Å². The summed E-state index contributed by atoms with van der Waals surface area (Å²) in [5, 5.41) is 0. The van der Waals surface area contributed by atoms with Gasteiger partial charge in [0.1, 0.15) is 0 Å². The molecule has 3 nitrogen and oxygen atoms in total. The van der Waals surface area contributed by atoms with Gasteiger partial charge in [0, 0.05) is 0 Å². The predicted octanol–water partition coefficient (Wildman–Crippen LogP) is 2.35. The molecule has 0 aliphatic rings. The SMILES string of the molecule is C=NC(N)=Nc1ccc(C(F)(F)F)cc1. The van der Waals surface area contributed by atoms with Crippen molar-refractivity contribution in [3.63, 3.8) is 0 Å². The van der Waals surface area contributed by atoms with Crippen molar-refractivity contribution in [2.24, 2.45) is 15.7 Å². The second kappa shape index (κ2) is 4.12. The fraction of sp³-hybridized carbons (Fsp3) is 0.111. The van der Waals surface area contributed by atoms with Gasteiger partial charge in [0.05, 0.1) is 11.3 Å². The molecule has 0 saturated heterocycles. The van der Waals surface area contributed by atoms with Crippen molar-refractivity contribution in [2.75, 3.05) is 0 Å². The van der Waals surface area contributed by atoms with Crippen LogP contribution in [-0.2, 0) is 6.18 Å². The van der Waals surface area contributed by atoms with E-state index in [4.69, 9.17) is 5.73 Å². The molecule has 6 heteroatoms. The van der Waals surface area contributed by atoms with E-state index in [1.807, 2.05) is 0 Å². The fourth-order valence-electron chi connectivity index (χ4n) is 0.893. The second-order valence-corrected chi connectivity index (χ2v) is 2.67. The first kappa shape index (κ1) is 11.2. The smallest absolute Gasteiger partial charge is 0.368 e. The largest absolute Gasteiger partial charge is 0.416 e. The number of nitrogens with zero attached hydrogens (tertiary/aromatic N) is 2. The summed E-state index contributed by atoms with van der Waals surface area (Å²) in [6.45, 7) is 3.13. The highest BCUT2D eigenvalue weighted by atomic mass is 19.4. The average molecular weight is 215 g/mol. The van der Waals surface area contributed by atoms with E-state index in [1.54, 1.807) is 0 Å². The van der Waals surface area contributed by atoms with E-state index < -0.39 is 11.7 Å². The molecule has 0 aromatic heterocycles. The number of guanidine groups is 1. The highest BCUT2D eigenvalue weighted by molar-refractivity contribution is 5.84. The van der Waals surface area contributed by atoms with Crippen molar-refractivity contribution in [1.29, 1.82) is 0 Å². The van der Waals surface area contributed by atoms with Crippen molar-refractivity contribution in [3.8, 4) is 0 Å². The van der Waals surface area contributed by atoms with Gasteiger partial charge in [0.25, 0.3) is 0 Å². The quantitative estimate of drug-likeness (QED) is 0.567. The van der Waals surface area contributed by atoms with Crippen LogP contribution >= 0.6 is 0 Å². The van der Waals surface area contributed by atoms with Crippen LogP contribution in [-0.4, -0.2) is 12.7 Å². The van der Waals surface area contributed by atoms with Crippen molar-refractivity contribution >= 4 is 18.4 Å². The van der Waals surface area contributed by atoms with E-state index in [2.05, 4.69) is 16.7 Å². The Balaban J connectivity index is 2.96. The lowest BCUT2D eigenvalue weighted by molar-refractivity contribution is -0.137. The molecule has 0 heterocycles. The first-order valence-electron chi connectivity index (χ1n) is 3.91. The Morgan fingerprint density at radius 3 is 2.13 bits per heavy atom. The van der Waals surface area contributed by atoms with Gasteiger partial charge in [-0.1, -0.05) is 0 Å². The van der Waals surface area contributed by atoms with Crippen LogP contribution in [0.25, 0.3) is 0 Å². The van der Waals surface area contributed by atoms with Gasteiger partial charge in [-0.15, -0.1) is 0 Å². The Hall–Kier alpha value is -1.85. The van der Waals surface area contributed by atoms with Crippen LogP contribution in [0.5, 0.6) is 0 Å². The summed E-state index contributed by atoms with van der Waals surface area (Å²) >= 11 is 0. The number of hydrogen-bond acceptors (Lipinski definition) is 1. The maximum Gasteiger partial charge on any atom is 0.416 e. The number of alkyl halides is 3. The van der Waals surface area contributed by atoms with Crippen molar-refractivity contribution in [2.45, 2.75) is 6.18 Å². The Bertz CT molecular complexity index is 379. The van der Waals surface area contributed by atoms with Gasteiger partial charge in [-0.25, -0.2) is 9.98 Å². The number of aliphatic imine (C=N–C) groups is 2. The third-order valence-corrected chi connectivity index (χ3v) is 1.60. The standard InChI is InChI=1S/C9H8F3N3/c1-14-8(13)15-7-4-2-6(3-5-7)9(10,11)12/h2-5H,1H2,(H2,13,15). The van der Waals surface area contributed by atoms with E-state index >= 15 is 0 Å². The molecule has 0 atom stereocenters. The molecule has 1 rings (SSSR count). The number of rotatable bonds is 1. The lowest BCUT2D eigenvalue weighted by atomic mass is 10.2. The molecule has 0 amide bonds. The predicted molar refractivity (Wildman–Crippen MR) is 52.3 cm³/mol. The average Bonchev–Trinajstić information content (AvgIpc) is 2.17. The molecule has 2 N–H and O–H groups in total. The van der Waals surface area contributed by atoms with Gasteiger partial charge in [-0.2, -0.15) is 13.2 Å². The summed E-state index contributed by atoms with van der Waals surface area (Å²) < 4.78 is 36.5. The summed E-state index contributed by atoms with van der Waals surface area (Å²) in [7, 11) is 0.